The maximum absolute atomic E-state index is 12.3. The Balaban J connectivity index is 2.05. The Morgan fingerprint density at radius 1 is 1.22 bits per heavy atom. The number of rotatable bonds is 6. The van der Waals surface area contributed by atoms with Crippen LogP contribution in [0.4, 0.5) is 0 Å². The lowest BCUT2D eigenvalue weighted by Crippen LogP contribution is -2.32. The van der Waals surface area contributed by atoms with Gasteiger partial charge in [0.05, 0.1) is 32.0 Å². The van der Waals surface area contributed by atoms with E-state index in [0.29, 0.717) is 23.6 Å². The van der Waals surface area contributed by atoms with Gasteiger partial charge in [0, 0.05) is 12.6 Å². The molecular weight excluding hydrogens is 298 g/mol. The Bertz CT molecular complexity index is 755. The largest absolute Gasteiger partial charge is 0.497 e. The molecule has 23 heavy (non-hydrogen) atoms. The quantitative estimate of drug-likeness (QED) is 0.859. The van der Waals surface area contributed by atoms with Gasteiger partial charge in [-0.25, -0.2) is 4.68 Å². The van der Waals surface area contributed by atoms with Crippen LogP contribution in [0.3, 0.4) is 0 Å². The van der Waals surface area contributed by atoms with E-state index in [1.807, 2.05) is 0 Å². The van der Waals surface area contributed by atoms with Crippen LogP contribution in [0.1, 0.15) is 16.1 Å². The molecule has 1 amide bonds. The van der Waals surface area contributed by atoms with Gasteiger partial charge in [-0.05, 0) is 31.2 Å². The van der Waals surface area contributed by atoms with Crippen LogP contribution in [0.25, 0.3) is 0 Å². The van der Waals surface area contributed by atoms with Gasteiger partial charge in [0.15, 0.2) is 0 Å². The molecule has 1 aromatic carbocycles. The maximum atomic E-state index is 12.3. The molecule has 0 spiro atoms. The molecule has 7 heteroatoms. The average molecular weight is 317 g/mol. The second kappa shape index (κ2) is 7.44. The predicted octanol–water partition coefficient (Wildman–Crippen LogP) is 0.999. The SMILES string of the molecule is COc1ccc(OC)c(C(=O)NCCn2nc(C)ccc2=O)c1. The third-order valence-corrected chi connectivity index (χ3v) is 3.26. The molecule has 2 rings (SSSR count). The van der Waals surface area contributed by atoms with Crippen molar-refractivity contribution in [1.29, 1.82) is 0 Å². The molecule has 0 saturated carbocycles. The molecule has 0 unspecified atom stereocenters. The van der Waals surface area contributed by atoms with Crippen LogP contribution >= 0.6 is 0 Å². The number of carbonyl (C=O) groups excluding carboxylic acids is 1. The van der Waals surface area contributed by atoms with E-state index in [4.69, 9.17) is 9.47 Å². The van der Waals surface area contributed by atoms with Gasteiger partial charge in [0.25, 0.3) is 11.5 Å². The van der Waals surface area contributed by atoms with Gasteiger partial charge in [0.1, 0.15) is 11.5 Å². The molecule has 1 N–H and O–H groups in total. The summed E-state index contributed by atoms with van der Waals surface area (Å²) in [6.45, 7) is 2.36. The van der Waals surface area contributed by atoms with E-state index in [-0.39, 0.29) is 18.0 Å². The lowest BCUT2D eigenvalue weighted by molar-refractivity contribution is 0.0948. The number of hydrogen-bond donors (Lipinski definition) is 1. The summed E-state index contributed by atoms with van der Waals surface area (Å²) in [6.07, 6.45) is 0. The summed E-state index contributed by atoms with van der Waals surface area (Å²) >= 11 is 0. The molecule has 0 bridgehead atoms. The highest BCUT2D eigenvalue weighted by atomic mass is 16.5. The Kier molecular flexibility index (Phi) is 5.35. The number of nitrogens with one attached hydrogen (secondary N) is 1. The van der Waals surface area contributed by atoms with Gasteiger partial charge < -0.3 is 14.8 Å². The number of methoxy groups -OCH3 is 2. The van der Waals surface area contributed by atoms with E-state index in [9.17, 15) is 9.59 Å². The monoisotopic (exact) mass is 317 g/mol. The zero-order valence-electron chi connectivity index (χ0n) is 13.3. The minimum atomic E-state index is -0.304. The van der Waals surface area contributed by atoms with Crippen molar-refractivity contribution in [3.8, 4) is 11.5 Å². The highest BCUT2D eigenvalue weighted by Gasteiger charge is 2.13. The van der Waals surface area contributed by atoms with Crippen LogP contribution in [0.15, 0.2) is 35.1 Å². The number of nitrogens with zero attached hydrogens (tertiary/aromatic N) is 2. The Hall–Kier alpha value is -2.83. The number of aryl methyl sites for hydroxylation is 1. The first-order valence-corrected chi connectivity index (χ1v) is 7.10. The second-order valence-corrected chi connectivity index (χ2v) is 4.86. The lowest BCUT2D eigenvalue weighted by Gasteiger charge is -2.11. The van der Waals surface area contributed by atoms with Crippen molar-refractivity contribution >= 4 is 5.91 Å². The van der Waals surface area contributed by atoms with Crippen LogP contribution in [-0.2, 0) is 6.54 Å². The van der Waals surface area contributed by atoms with E-state index in [2.05, 4.69) is 10.4 Å². The number of ether oxygens (including phenoxy) is 2. The fourth-order valence-corrected chi connectivity index (χ4v) is 2.07. The van der Waals surface area contributed by atoms with Gasteiger partial charge in [-0.1, -0.05) is 0 Å². The smallest absolute Gasteiger partial charge is 0.266 e. The maximum Gasteiger partial charge on any atom is 0.266 e. The molecule has 0 saturated heterocycles. The summed E-state index contributed by atoms with van der Waals surface area (Å²) in [4.78, 5) is 23.9. The molecule has 0 aliphatic heterocycles. The van der Waals surface area contributed by atoms with Crippen molar-refractivity contribution in [2.45, 2.75) is 13.5 Å². The van der Waals surface area contributed by atoms with Crippen LogP contribution in [0.5, 0.6) is 11.5 Å². The van der Waals surface area contributed by atoms with Crippen molar-refractivity contribution in [2.24, 2.45) is 0 Å². The third-order valence-electron chi connectivity index (χ3n) is 3.26. The van der Waals surface area contributed by atoms with Gasteiger partial charge in [-0.15, -0.1) is 0 Å². The minimum absolute atomic E-state index is 0.205. The highest BCUT2D eigenvalue weighted by Crippen LogP contribution is 2.23. The van der Waals surface area contributed by atoms with E-state index in [1.54, 1.807) is 31.2 Å². The summed E-state index contributed by atoms with van der Waals surface area (Å²) < 4.78 is 11.6. The highest BCUT2D eigenvalue weighted by molar-refractivity contribution is 5.97. The van der Waals surface area contributed by atoms with Crippen LogP contribution in [0, 0.1) is 6.92 Å². The van der Waals surface area contributed by atoms with Gasteiger partial charge in [0.2, 0.25) is 0 Å². The Labute approximate surface area is 133 Å². The number of amides is 1. The first-order chi connectivity index (χ1) is 11.0. The molecule has 0 atom stereocenters. The van der Waals surface area contributed by atoms with E-state index in [1.165, 1.54) is 25.0 Å². The molecule has 0 aliphatic carbocycles. The van der Waals surface area contributed by atoms with Crippen molar-refractivity contribution in [3.63, 3.8) is 0 Å². The number of benzene rings is 1. The third kappa shape index (κ3) is 4.09. The zero-order valence-corrected chi connectivity index (χ0v) is 13.3. The van der Waals surface area contributed by atoms with Crippen molar-refractivity contribution < 1.29 is 14.3 Å². The van der Waals surface area contributed by atoms with E-state index in [0.717, 1.165) is 5.69 Å². The molecule has 0 aliphatic rings. The molecule has 0 fully saturated rings. The van der Waals surface area contributed by atoms with Gasteiger partial charge in [-0.2, -0.15) is 5.10 Å². The fraction of sp³-hybridized carbons (Fsp3) is 0.312. The van der Waals surface area contributed by atoms with Crippen LogP contribution in [0.2, 0.25) is 0 Å². The summed E-state index contributed by atoms with van der Waals surface area (Å²) in [5.74, 6) is 0.711. The van der Waals surface area contributed by atoms with Crippen LogP contribution < -0.4 is 20.3 Å². The first-order valence-electron chi connectivity index (χ1n) is 7.10. The normalized spacial score (nSPS) is 10.2. The Morgan fingerprint density at radius 3 is 2.70 bits per heavy atom. The summed E-state index contributed by atoms with van der Waals surface area (Å²) in [5, 5.41) is 6.86. The van der Waals surface area contributed by atoms with E-state index < -0.39 is 0 Å². The topological polar surface area (TPSA) is 82.4 Å². The van der Waals surface area contributed by atoms with Crippen molar-refractivity contribution in [2.75, 3.05) is 20.8 Å². The molecule has 1 heterocycles. The average Bonchev–Trinajstić information content (AvgIpc) is 2.57. The lowest BCUT2D eigenvalue weighted by atomic mass is 10.1. The Morgan fingerprint density at radius 2 is 2.00 bits per heavy atom. The number of carbonyl (C=O) groups is 1. The minimum Gasteiger partial charge on any atom is -0.497 e. The molecule has 1 aromatic heterocycles. The molecule has 122 valence electrons. The zero-order chi connectivity index (χ0) is 16.8. The molecular formula is C16H19N3O4. The van der Waals surface area contributed by atoms with E-state index >= 15 is 0 Å². The van der Waals surface area contributed by atoms with Crippen molar-refractivity contribution in [1.82, 2.24) is 15.1 Å². The van der Waals surface area contributed by atoms with Gasteiger partial charge >= 0.3 is 0 Å². The van der Waals surface area contributed by atoms with Crippen molar-refractivity contribution in [3.05, 3.63) is 51.9 Å². The predicted molar refractivity (Wildman–Crippen MR) is 85.1 cm³/mol. The first kappa shape index (κ1) is 16.5. The molecule has 7 nitrogen and oxygen atoms in total. The molecule has 0 radical (unpaired) electrons. The number of aromatic nitrogens is 2. The standard InChI is InChI=1S/C16H19N3O4/c1-11-4-7-15(20)19(18-11)9-8-17-16(21)13-10-12(22-2)5-6-14(13)23-3/h4-7,10H,8-9H2,1-3H3,(H,17,21). The second-order valence-electron chi connectivity index (χ2n) is 4.86. The number of hydrogen-bond acceptors (Lipinski definition) is 5. The van der Waals surface area contributed by atoms with Crippen LogP contribution in [-0.4, -0.2) is 36.5 Å². The van der Waals surface area contributed by atoms with Gasteiger partial charge in [-0.3, -0.25) is 9.59 Å². The molecule has 2 aromatic rings. The summed E-state index contributed by atoms with van der Waals surface area (Å²) in [7, 11) is 3.02. The fourth-order valence-electron chi connectivity index (χ4n) is 2.07. The summed E-state index contributed by atoms with van der Waals surface area (Å²) in [5.41, 5.74) is 0.908. The summed E-state index contributed by atoms with van der Waals surface area (Å²) in [6, 6.07) is 8.09.